The number of carboxylic acid groups (broad SMARTS) is 1. The van der Waals surface area contributed by atoms with Crippen molar-refractivity contribution >= 4 is 28.6 Å². The van der Waals surface area contributed by atoms with Crippen LogP contribution in [0.3, 0.4) is 0 Å². The molecule has 0 spiro atoms. The standard InChI is InChI=1S/C21H24ClN3O3/c1-20(2,3)11-21(4,5)14-8-12(19(27)28)9-17(18(14)26)25-23-15-7-6-13(22)10-16(15)24-25/h6-10,26H,11H2,1-5H3,(H,27,28). The molecule has 6 nitrogen and oxygen atoms in total. The van der Waals surface area contributed by atoms with Crippen LogP contribution in [0.25, 0.3) is 16.7 Å². The molecule has 0 unspecified atom stereocenters. The van der Waals surface area contributed by atoms with Gasteiger partial charge in [-0.1, -0.05) is 46.2 Å². The van der Waals surface area contributed by atoms with Gasteiger partial charge in [0.2, 0.25) is 0 Å². The first-order chi connectivity index (χ1) is 12.9. The molecule has 7 heteroatoms. The van der Waals surface area contributed by atoms with E-state index in [9.17, 15) is 15.0 Å². The van der Waals surface area contributed by atoms with Crippen LogP contribution in [0, 0.1) is 5.41 Å². The summed E-state index contributed by atoms with van der Waals surface area (Å²) in [5.41, 5.74) is 1.54. The molecule has 0 aliphatic rings. The molecule has 0 amide bonds. The number of carboxylic acids is 1. The maximum atomic E-state index is 11.7. The summed E-state index contributed by atoms with van der Waals surface area (Å²) in [7, 11) is 0. The molecule has 0 saturated carbocycles. The average Bonchev–Trinajstić information content (AvgIpc) is 2.95. The van der Waals surface area contributed by atoms with E-state index >= 15 is 0 Å². The van der Waals surface area contributed by atoms with Crippen molar-refractivity contribution in [3.05, 3.63) is 46.5 Å². The molecule has 0 bridgehead atoms. The Bertz CT molecular complexity index is 1060. The van der Waals surface area contributed by atoms with Gasteiger partial charge in [0.05, 0.1) is 5.56 Å². The van der Waals surface area contributed by atoms with Gasteiger partial charge in [0.25, 0.3) is 0 Å². The van der Waals surface area contributed by atoms with Crippen LogP contribution in [-0.2, 0) is 5.41 Å². The smallest absolute Gasteiger partial charge is 0.335 e. The molecule has 3 rings (SSSR count). The minimum atomic E-state index is -1.08. The number of benzene rings is 2. The molecular formula is C21H24ClN3O3. The number of phenolic OH excluding ortho intramolecular Hbond substituents is 1. The van der Waals surface area contributed by atoms with Gasteiger partial charge >= 0.3 is 5.97 Å². The number of carbonyl (C=O) groups is 1. The zero-order valence-electron chi connectivity index (χ0n) is 16.6. The Labute approximate surface area is 168 Å². The van der Waals surface area contributed by atoms with Crippen molar-refractivity contribution in [2.45, 2.75) is 46.5 Å². The summed E-state index contributed by atoms with van der Waals surface area (Å²) < 4.78 is 0. The summed E-state index contributed by atoms with van der Waals surface area (Å²) in [4.78, 5) is 13.0. The molecule has 148 valence electrons. The number of rotatable bonds is 4. The summed E-state index contributed by atoms with van der Waals surface area (Å²) in [5.74, 6) is -1.10. The second kappa shape index (κ2) is 6.78. The Morgan fingerprint density at radius 1 is 1.07 bits per heavy atom. The number of fused-ring (bicyclic) bond motifs is 1. The van der Waals surface area contributed by atoms with Crippen molar-refractivity contribution in [2.75, 3.05) is 0 Å². The van der Waals surface area contributed by atoms with Gasteiger partial charge in [-0.05, 0) is 47.6 Å². The van der Waals surface area contributed by atoms with Crippen molar-refractivity contribution in [1.82, 2.24) is 15.0 Å². The molecule has 0 radical (unpaired) electrons. The highest BCUT2D eigenvalue weighted by Gasteiger charge is 2.32. The lowest BCUT2D eigenvalue weighted by Crippen LogP contribution is -2.25. The third-order valence-corrected chi connectivity index (χ3v) is 4.83. The normalized spacial score (nSPS) is 12.5. The number of halogens is 1. The average molecular weight is 402 g/mol. The van der Waals surface area contributed by atoms with E-state index < -0.39 is 11.4 Å². The highest BCUT2D eigenvalue weighted by atomic mass is 35.5. The monoisotopic (exact) mass is 401 g/mol. The first kappa shape index (κ1) is 20.1. The Morgan fingerprint density at radius 3 is 2.32 bits per heavy atom. The van der Waals surface area contributed by atoms with Crippen LogP contribution >= 0.6 is 11.6 Å². The molecule has 0 saturated heterocycles. The van der Waals surface area contributed by atoms with Crippen LogP contribution in [0.2, 0.25) is 5.02 Å². The first-order valence-electron chi connectivity index (χ1n) is 9.01. The van der Waals surface area contributed by atoms with Crippen LogP contribution in [0.1, 0.15) is 57.0 Å². The SMILES string of the molecule is CC(C)(C)CC(C)(C)c1cc(C(=O)O)cc(-n2nc3ccc(Cl)cc3n2)c1O. The third kappa shape index (κ3) is 3.97. The van der Waals surface area contributed by atoms with Crippen LogP contribution in [0.15, 0.2) is 30.3 Å². The Balaban J connectivity index is 2.23. The van der Waals surface area contributed by atoms with Gasteiger partial charge < -0.3 is 10.2 Å². The Hall–Kier alpha value is -2.60. The largest absolute Gasteiger partial charge is 0.505 e. The van der Waals surface area contributed by atoms with Crippen LogP contribution in [0.4, 0.5) is 0 Å². The lowest BCUT2D eigenvalue weighted by molar-refractivity contribution is 0.0696. The van der Waals surface area contributed by atoms with Crippen molar-refractivity contribution in [2.24, 2.45) is 5.41 Å². The summed E-state index contributed by atoms with van der Waals surface area (Å²) in [6.45, 7) is 10.3. The number of nitrogens with zero attached hydrogens (tertiary/aromatic N) is 3. The maximum absolute atomic E-state index is 11.7. The number of aromatic hydroxyl groups is 1. The number of aromatic nitrogens is 3. The predicted octanol–water partition coefficient (Wildman–Crippen LogP) is 5.19. The molecule has 2 aromatic carbocycles. The molecule has 0 aliphatic heterocycles. The maximum Gasteiger partial charge on any atom is 0.335 e. The molecular weight excluding hydrogens is 378 g/mol. The fourth-order valence-electron chi connectivity index (χ4n) is 3.83. The first-order valence-corrected chi connectivity index (χ1v) is 9.39. The zero-order chi connectivity index (χ0) is 20.9. The minimum Gasteiger partial charge on any atom is -0.505 e. The summed E-state index contributed by atoms with van der Waals surface area (Å²) in [6, 6.07) is 8.02. The van der Waals surface area contributed by atoms with E-state index in [0.29, 0.717) is 21.6 Å². The fraction of sp³-hybridized carbons (Fsp3) is 0.381. The molecule has 0 aliphatic carbocycles. The van der Waals surface area contributed by atoms with Gasteiger partial charge in [-0.3, -0.25) is 0 Å². The predicted molar refractivity (Wildman–Crippen MR) is 110 cm³/mol. The Morgan fingerprint density at radius 2 is 1.71 bits per heavy atom. The van der Waals surface area contributed by atoms with Gasteiger partial charge in [0.1, 0.15) is 22.5 Å². The van der Waals surface area contributed by atoms with E-state index in [2.05, 4.69) is 31.0 Å². The topological polar surface area (TPSA) is 88.2 Å². The van der Waals surface area contributed by atoms with Gasteiger partial charge in [0.15, 0.2) is 0 Å². The van der Waals surface area contributed by atoms with Crippen molar-refractivity contribution in [3.8, 4) is 11.4 Å². The highest BCUT2D eigenvalue weighted by Crippen LogP contribution is 2.42. The zero-order valence-corrected chi connectivity index (χ0v) is 17.4. The molecule has 0 fully saturated rings. The molecule has 3 aromatic rings. The minimum absolute atomic E-state index is 0.00922. The number of hydrogen-bond donors (Lipinski definition) is 2. The van der Waals surface area contributed by atoms with E-state index in [1.165, 1.54) is 16.9 Å². The second-order valence-corrected chi connectivity index (χ2v) is 9.38. The van der Waals surface area contributed by atoms with Crippen molar-refractivity contribution < 1.29 is 15.0 Å². The van der Waals surface area contributed by atoms with Gasteiger partial charge in [0, 0.05) is 10.6 Å². The Kier molecular flexibility index (Phi) is 4.88. The fourth-order valence-corrected chi connectivity index (χ4v) is 3.99. The number of phenols is 1. The van der Waals surface area contributed by atoms with E-state index in [4.69, 9.17) is 11.6 Å². The van der Waals surface area contributed by atoms with Crippen LogP contribution < -0.4 is 0 Å². The van der Waals surface area contributed by atoms with Crippen molar-refractivity contribution in [3.63, 3.8) is 0 Å². The second-order valence-electron chi connectivity index (χ2n) is 8.94. The van der Waals surface area contributed by atoms with Gasteiger partial charge in [-0.2, -0.15) is 0 Å². The molecule has 1 heterocycles. The van der Waals surface area contributed by atoms with E-state index in [0.717, 1.165) is 6.42 Å². The van der Waals surface area contributed by atoms with E-state index in [1.54, 1.807) is 18.2 Å². The lowest BCUT2D eigenvalue weighted by atomic mass is 9.71. The quantitative estimate of drug-likeness (QED) is 0.627. The van der Waals surface area contributed by atoms with Crippen molar-refractivity contribution in [1.29, 1.82) is 0 Å². The third-order valence-electron chi connectivity index (χ3n) is 4.60. The summed E-state index contributed by atoms with van der Waals surface area (Å²) >= 11 is 6.01. The number of hydrogen-bond acceptors (Lipinski definition) is 4. The highest BCUT2D eigenvalue weighted by molar-refractivity contribution is 6.31. The van der Waals surface area contributed by atoms with Gasteiger partial charge in [-0.25, -0.2) is 4.79 Å². The van der Waals surface area contributed by atoms with Gasteiger partial charge in [-0.15, -0.1) is 15.0 Å². The molecule has 28 heavy (non-hydrogen) atoms. The van der Waals surface area contributed by atoms with Crippen LogP contribution in [-0.4, -0.2) is 31.2 Å². The van der Waals surface area contributed by atoms with Crippen LogP contribution in [0.5, 0.6) is 5.75 Å². The lowest BCUT2D eigenvalue weighted by Gasteiger charge is -2.33. The summed E-state index contributed by atoms with van der Waals surface area (Å²) in [5, 5.41) is 29.9. The summed E-state index contributed by atoms with van der Waals surface area (Å²) in [6.07, 6.45) is 0.750. The molecule has 1 aromatic heterocycles. The number of aromatic carboxylic acids is 1. The molecule has 2 N–H and O–H groups in total. The van der Waals surface area contributed by atoms with E-state index in [1.807, 2.05) is 13.8 Å². The molecule has 0 atom stereocenters. The van der Waals surface area contributed by atoms with E-state index in [-0.39, 0.29) is 22.4 Å².